The van der Waals surface area contributed by atoms with Gasteiger partial charge in [0.1, 0.15) is 0 Å². The number of aromatic nitrogens is 2. The molecular weight excluding hydrogens is 400 g/mol. The van der Waals surface area contributed by atoms with Gasteiger partial charge in [0, 0.05) is 44.0 Å². The van der Waals surface area contributed by atoms with Crippen molar-refractivity contribution in [2.45, 2.75) is 37.5 Å². The molecule has 2 aliphatic rings. The molecule has 0 unspecified atom stereocenters. The Labute approximate surface area is 179 Å². The number of anilines is 1. The van der Waals surface area contributed by atoms with Crippen LogP contribution in [0.5, 0.6) is 0 Å². The SMILES string of the molecule is CC(C)c1ccc(S(=O)(=O)N2CCC3(CC2)COCCN(c2ncccn2)C3)cc1. The Kier molecular flexibility index (Phi) is 6.09. The summed E-state index contributed by atoms with van der Waals surface area (Å²) >= 11 is 0. The number of nitrogens with zero attached hydrogens (tertiary/aromatic N) is 4. The molecule has 7 nitrogen and oxygen atoms in total. The van der Waals surface area contributed by atoms with Gasteiger partial charge in [0.25, 0.3) is 0 Å². The van der Waals surface area contributed by atoms with Crippen molar-refractivity contribution in [3.63, 3.8) is 0 Å². The van der Waals surface area contributed by atoms with Crippen LogP contribution < -0.4 is 4.90 Å². The number of benzene rings is 1. The Morgan fingerprint density at radius 2 is 1.70 bits per heavy atom. The molecule has 8 heteroatoms. The predicted molar refractivity (Wildman–Crippen MR) is 116 cm³/mol. The van der Waals surface area contributed by atoms with E-state index in [2.05, 4.69) is 28.7 Å². The van der Waals surface area contributed by atoms with Crippen molar-refractivity contribution in [1.82, 2.24) is 14.3 Å². The Morgan fingerprint density at radius 3 is 2.33 bits per heavy atom. The molecule has 0 atom stereocenters. The van der Waals surface area contributed by atoms with Gasteiger partial charge in [-0.2, -0.15) is 4.31 Å². The van der Waals surface area contributed by atoms with E-state index in [0.717, 1.165) is 31.5 Å². The lowest BCUT2D eigenvalue weighted by molar-refractivity contribution is 0.0374. The van der Waals surface area contributed by atoms with Crippen LogP contribution in [0.4, 0.5) is 5.95 Å². The van der Waals surface area contributed by atoms with Crippen molar-refractivity contribution in [2.24, 2.45) is 5.41 Å². The third-order valence-electron chi connectivity index (χ3n) is 6.24. The molecule has 0 N–H and O–H groups in total. The molecular formula is C22H30N4O3S. The molecule has 3 heterocycles. The topological polar surface area (TPSA) is 75.6 Å². The summed E-state index contributed by atoms with van der Waals surface area (Å²) in [6.07, 6.45) is 5.03. The minimum atomic E-state index is -3.48. The maximum absolute atomic E-state index is 13.2. The van der Waals surface area contributed by atoms with Crippen molar-refractivity contribution in [1.29, 1.82) is 0 Å². The van der Waals surface area contributed by atoms with Gasteiger partial charge in [-0.05, 0) is 42.5 Å². The molecule has 30 heavy (non-hydrogen) atoms. The number of hydrogen-bond acceptors (Lipinski definition) is 6. The highest BCUT2D eigenvalue weighted by molar-refractivity contribution is 7.89. The monoisotopic (exact) mass is 430 g/mol. The quantitative estimate of drug-likeness (QED) is 0.742. The second-order valence-corrected chi connectivity index (χ2v) is 10.6. The average molecular weight is 431 g/mol. The van der Waals surface area contributed by atoms with Crippen LogP contribution in [0.2, 0.25) is 0 Å². The Balaban J connectivity index is 1.46. The fourth-order valence-corrected chi connectivity index (χ4v) is 5.74. The van der Waals surface area contributed by atoms with Crippen molar-refractivity contribution < 1.29 is 13.2 Å². The van der Waals surface area contributed by atoms with E-state index in [1.54, 1.807) is 28.8 Å². The molecule has 2 aliphatic heterocycles. The lowest BCUT2D eigenvalue weighted by atomic mass is 9.79. The summed E-state index contributed by atoms with van der Waals surface area (Å²) in [5.41, 5.74) is 1.06. The fourth-order valence-electron chi connectivity index (χ4n) is 4.30. The smallest absolute Gasteiger partial charge is 0.243 e. The van der Waals surface area contributed by atoms with Crippen molar-refractivity contribution in [3.8, 4) is 0 Å². The minimum Gasteiger partial charge on any atom is -0.379 e. The van der Waals surface area contributed by atoms with Crippen molar-refractivity contribution in [2.75, 3.05) is 44.3 Å². The summed E-state index contributed by atoms with van der Waals surface area (Å²) in [6, 6.07) is 9.11. The van der Waals surface area contributed by atoms with Gasteiger partial charge >= 0.3 is 0 Å². The number of hydrogen-bond donors (Lipinski definition) is 0. The van der Waals surface area contributed by atoms with Gasteiger partial charge < -0.3 is 9.64 Å². The highest BCUT2D eigenvalue weighted by Crippen LogP contribution is 2.37. The van der Waals surface area contributed by atoms with E-state index in [4.69, 9.17) is 4.74 Å². The van der Waals surface area contributed by atoms with Crippen LogP contribution >= 0.6 is 0 Å². The highest BCUT2D eigenvalue weighted by atomic mass is 32.2. The normalized spacial score (nSPS) is 20.4. The van der Waals surface area contributed by atoms with Crippen molar-refractivity contribution in [3.05, 3.63) is 48.3 Å². The van der Waals surface area contributed by atoms with Gasteiger partial charge in [0.15, 0.2) is 0 Å². The van der Waals surface area contributed by atoms with Crippen LogP contribution in [0.25, 0.3) is 0 Å². The van der Waals surface area contributed by atoms with E-state index in [0.29, 0.717) is 43.1 Å². The number of rotatable bonds is 4. The van der Waals surface area contributed by atoms with E-state index < -0.39 is 10.0 Å². The van der Waals surface area contributed by atoms with E-state index in [1.807, 2.05) is 18.2 Å². The highest BCUT2D eigenvalue weighted by Gasteiger charge is 2.41. The lowest BCUT2D eigenvalue weighted by Gasteiger charge is -2.42. The molecule has 1 aromatic carbocycles. The molecule has 0 amide bonds. The van der Waals surface area contributed by atoms with E-state index >= 15 is 0 Å². The number of sulfonamides is 1. The molecule has 4 rings (SSSR count). The van der Waals surface area contributed by atoms with E-state index in [9.17, 15) is 8.42 Å². The number of ether oxygens (including phenoxy) is 1. The molecule has 2 saturated heterocycles. The predicted octanol–water partition coefficient (Wildman–Crippen LogP) is 2.91. The second-order valence-electron chi connectivity index (χ2n) is 8.65. The minimum absolute atomic E-state index is 0.0801. The largest absolute Gasteiger partial charge is 0.379 e. The van der Waals surface area contributed by atoms with Gasteiger partial charge in [0.2, 0.25) is 16.0 Å². The zero-order valence-electron chi connectivity index (χ0n) is 17.7. The summed E-state index contributed by atoms with van der Waals surface area (Å²) in [4.78, 5) is 11.3. The maximum Gasteiger partial charge on any atom is 0.243 e. The zero-order valence-corrected chi connectivity index (χ0v) is 18.5. The second kappa shape index (κ2) is 8.61. The van der Waals surface area contributed by atoms with Crippen LogP contribution in [0, 0.1) is 5.41 Å². The van der Waals surface area contributed by atoms with E-state index in [1.165, 1.54) is 0 Å². The molecule has 0 saturated carbocycles. The van der Waals surface area contributed by atoms with Gasteiger partial charge in [-0.1, -0.05) is 26.0 Å². The van der Waals surface area contributed by atoms with Crippen LogP contribution in [-0.4, -0.2) is 62.1 Å². The Bertz CT molecular complexity index is 940. The summed E-state index contributed by atoms with van der Waals surface area (Å²) < 4.78 is 33.9. The standard InChI is InChI=1S/C22H30N4O3S/c1-18(2)19-4-6-20(7-5-19)30(27,28)26-12-8-22(9-13-26)16-25(14-15-29-17-22)21-23-10-3-11-24-21/h3-7,10-11,18H,8-9,12-17H2,1-2H3. The van der Waals surface area contributed by atoms with Gasteiger partial charge in [0.05, 0.1) is 18.1 Å². The van der Waals surface area contributed by atoms with Crippen LogP contribution in [0.3, 0.4) is 0 Å². The van der Waals surface area contributed by atoms with Crippen molar-refractivity contribution >= 4 is 16.0 Å². The molecule has 1 spiro atoms. The van der Waals surface area contributed by atoms with Gasteiger partial charge in [-0.15, -0.1) is 0 Å². The summed E-state index contributed by atoms with van der Waals surface area (Å²) in [5.74, 6) is 1.09. The van der Waals surface area contributed by atoms with Gasteiger partial charge in [-0.3, -0.25) is 0 Å². The molecule has 1 aromatic heterocycles. The maximum atomic E-state index is 13.2. The molecule has 2 fully saturated rings. The number of piperidine rings is 1. The molecule has 2 aromatic rings. The summed E-state index contributed by atoms with van der Waals surface area (Å²) in [7, 11) is -3.48. The molecule has 0 aliphatic carbocycles. The first-order valence-electron chi connectivity index (χ1n) is 10.6. The zero-order chi connectivity index (χ0) is 21.2. The van der Waals surface area contributed by atoms with Crippen LogP contribution in [0.1, 0.15) is 38.2 Å². The first-order chi connectivity index (χ1) is 14.4. The van der Waals surface area contributed by atoms with Crippen LogP contribution in [-0.2, 0) is 14.8 Å². The fraction of sp³-hybridized carbons (Fsp3) is 0.545. The lowest BCUT2D eigenvalue weighted by Crippen LogP contribution is -2.49. The summed E-state index contributed by atoms with van der Waals surface area (Å²) in [6.45, 7) is 8.02. The summed E-state index contributed by atoms with van der Waals surface area (Å²) in [5, 5.41) is 0. The molecule has 0 bridgehead atoms. The Hall–Kier alpha value is -2.03. The van der Waals surface area contributed by atoms with Crippen LogP contribution in [0.15, 0.2) is 47.6 Å². The average Bonchev–Trinajstić information content (AvgIpc) is 2.97. The first-order valence-corrected chi connectivity index (χ1v) is 12.0. The third-order valence-corrected chi connectivity index (χ3v) is 8.16. The molecule has 0 radical (unpaired) electrons. The third kappa shape index (κ3) is 4.36. The Morgan fingerprint density at radius 1 is 1.03 bits per heavy atom. The molecule has 162 valence electrons. The van der Waals surface area contributed by atoms with E-state index in [-0.39, 0.29) is 5.41 Å². The van der Waals surface area contributed by atoms with Gasteiger partial charge in [-0.25, -0.2) is 18.4 Å². The first kappa shape index (κ1) is 21.2.